The maximum absolute atomic E-state index is 13.1. The van der Waals surface area contributed by atoms with Crippen molar-refractivity contribution in [2.45, 2.75) is 12.0 Å². The predicted octanol–water partition coefficient (Wildman–Crippen LogP) is 1.84. The average Bonchev–Trinajstić information content (AvgIpc) is 3.43. The van der Waals surface area contributed by atoms with E-state index in [1.165, 1.54) is 0 Å². The number of fused-ring (bicyclic) bond motifs is 3. The minimum atomic E-state index is -1.40. The van der Waals surface area contributed by atoms with Crippen LogP contribution in [0.3, 0.4) is 0 Å². The van der Waals surface area contributed by atoms with Crippen LogP contribution in [0.4, 0.5) is 5.69 Å². The summed E-state index contributed by atoms with van der Waals surface area (Å²) in [5.74, 6) is -1.22. The molecular weight excluding hydrogens is 390 g/mol. The van der Waals surface area contributed by atoms with Gasteiger partial charge in [-0.3, -0.25) is 9.59 Å². The molecule has 2 N–H and O–H groups in total. The van der Waals surface area contributed by atoms with E-state index in [4.69, 9.17) is 14.6 Å². The fourth-order valence-electron chi connectivity index (χ4n) is 3.93. The molecule has 3 heterocycles. The number of hydrazone groups is 1. The zero-order chi connectivity index (χ0) is 20.9. The molecule has 0 saturated carbocycles. The summed E-state index contributed by atoms with van der Waals surface area (Å²) in [6.45, 7) is 0.121. The minimum Gasteiger partial charge on any atom is -0.478 e. The average molecular weight is 405 g/mol. The van der Waals surface area contributed by atoms with Gasteiger partial charge in [0.2, 0.25) is 6.79 Å². The number of nitrogens with zero attached hydrogens (tertiary/aromatic N) is 2. The molecule has 5 rings (SSSR count). The van der Waals surface area contributed by atoms with Gasteiger partial charge in [0.05, 0.1) is 5.71 Å². The molecule has 9 nitrogen and oxygen atoms in total. The Bertz CT molecular complexity index is 1170. The van der Waals surface area contributed by atoms with Gasteiger partial charge in [-0.25, -0.2) is 9.80 Å². The molecule has 0 aromatic heterocycles. The number of benzene rings is 2. The van der Waals surface area contributed by atoms with Crippen LogP contribution in [-0.2, 0) is 19.9 Å². The topological polar surface area (TPSA) is 118 Å². The Hall–Kier alpha value is -4.14. The first-order valence-corrected chi connectivity index (χ1v) is 9.13. The molecule has 0 bridgehead atoms. The maximum atomic E-state index is 13.1. The molecule has 1 spiro atoms. The first-order valence-electron chi connectivity index (χ1n) is 9.13. The molecule has 30 heavy (non-hydrogen) atoms. The van der Waals surface area contributed by atoms with Gasteiger partial charge < -0.3 is 19.9 Å². The van der Waals surface area contributed by atoms with Crippen LogP contribution in [0.15, 0.2) is 59.7 Å². The molecule has 3 aliphatic rings. The number of carboxylic acids is 1. The first-order chi connectivity index (χ1) is 14.5. The van der Waals surface area contributed by atoms with Gasteiger partial charge >= 0.3 is 5.97 Å². The Morgan fingerprint density at radius 1 is 1.13 bits per heavy atom. The molecule has 2 aromatic carbocycles. The molecule has 0 saturated heterocycles. The molecule has 0 fully saturated rings. The second-order valence-corrected chi connectivity index (χ2v) is 6.97. The summed E-state index contributed by atoms with van der Waals surface area (Å²) in [5.41, 5.74) is 0.962. The molecule has 1 atom stereocenters. The van der Waals surface area contributed by atoms with Gasteiger partial charge in [0.25, 0.3) is 11.8 Å². The highest BCUT2D eigenvalue weighted by atomic mass is 16.7. The van der Waals surface area contributed by atoms with E-state index in [1.54, 1.807) is 42.5 Å². The molecule has 2 amide bonds. The van der Waals surface area contributed by atoms with Crippen LogP contribution in [0.5, 0.6) is 11.5 Å². The molecule has 9 heteroatoms. The number of carbonyl (C=O) groups is 3. The number of amides is 2. The van der Waals surface area contributed by atoms with Gasteiger partial charge in [-0.15, -0.1) is 0 Å². The summed E-state index contributed by atoms with van der Waals surface area (Å²) < 4.78 is 10.7. The van der Waals surface area contributed by atoms with E-state index < -0.39 is 23.3 Å². The van der Waals surface area contributed by atoms with Crippen molar-refractivity contribution >= 4 is 29.2 Å². The lowest BCUT2D eigenvalue weighted by Gasteiger charge is -2.29. The number of carbonyl (C=O) groups excluding carboxylic acids is 2. The summed E-state index contributed by atoms with van der Waals surface area (Å²) in [7, 11) is 0. The zero-order valence-electron chi connectivity index (χ0n) is 15.5. The van der Waals surface area contributed by atoms with E-state index in [-0.39, 0.29) is 13.2 Å². The standard InChI is InChI=1S/C21H15N3O6/c25-18(7-8-19(26)27)24-21(13-3-1-2-4-14(13)22-20(21)28)10-15(23-24)12-5-6-16-17(9-12)30-11-29-16/h1-9H,10-11H2,(H,22,28)(H,26,27)/b8-7+/t21-/m1/s1. The summed E-state index contributed by atoms with van der Waals surface area (Å²) in [4.78, 5) is 36.9. The van der Waals surface area contributed by atoms with E-state index in [2.05, 4.69) is 10.4 Å². The fraction of sp³-hybridized carbons (Fsp3) is 0.143. The lowest BCUT2D eigenvalue weighted by Crippen LogP contribution is -2.48. The van der Waals surface area contributed by atoms with Crippen molar-refractivity contribution in [3.63, 3.8) is 0 Å². The quantitative estimate of drug-likeness (QED) is 0.753. The fourth-order valence-corrected chi connectivity index (χ4v) is 3.93. The lowest BCUT2D eigenvalue weighted by atomic mass is 9.85. The number of rotatable bonds is 3. The largest absolute Gasteiger partial charge is 0.478 e. The van der Waals surface area contributed by atoms with E-state index in [9.17, 15) is 14.4 Å². The smallest absolute Gasteiger partial charge is 0.328 e. The van der Waals surface area contributed by atoms with Crippen molar-refractivity contribution in [3.8, 4) is 11.5 Å². The van der Waals surface area contributed by atoms with Crippen molar-refractivity contribution < 1.29 is 29.0 Å². The van der Waals surface area contributed by atoms with Crippen molar-refractivity contribution in [1.29, 1.82) is 0 Å². The van der Waals surface area contributed by atoms with Crippen LogP contribution < -0.4 is 14.8 Å². The summed E-state index contributed by atoms with van der Waals surface area (Å²) >= 11 is 0. The van der Waals surface area contributed by atoms with Gasteiger partial charge in [-0.05, 0) is 24.3 Å². The van der Waals surface area contributed by atoms with Crippen molar-refractivity contribution in [2.24, 2.45) is 5.10 Å². The van der Waals surface area contributed by atoms with Crippen LogP contribution in [-0.4, -0.2) is 40.4 Å². The maximum Gasteiger partial charge on any atom is 0.328 e. The van der Waals surface area contributed by atoms with Crippen molar-refractivity contribution in [1.82, 2.24) is 5.01 Å². The van der Waals surface area contributed by atoms with Gasteiger partial charge in [0, 0.05) is 35.4 Å². The molecule has 0 aliphatic carbocycles. The second kappa shape index (κ2) is 6.45. The monoisotopic (exact) mass is 405 g/mol. The number of hydrogen-bond donors (Lipinski definition) is 2. The highest BCUT2D eigenvalue weighted by molar-refractivity contribution is 6.16. The van der Waals surface area contributed by atoms with E-state index >= 15 is 0 Å². The lowest BCUT2D eigenvalue weighted by molar-refractivity contribution is -0.140. The van der Waals surface area contributed by atoms with Crippen LogP contribution >= 0.6 is 0 Å². The number of nitrogens with one attached hydrogen (secondary N) is 1. The van der Waals surface area contributed by atoms with Crippen LogP contribution in [0, 0.1) is 0 Å². The van der Waals surface area contributed by atoms with Crippen molar-refractivity contribution in [3.05, 3.63) is 65.7 Å². The molecule has 0 radical (unpaired) electrons. The summed E-state index contributed by atoms with van der Waals surface area (Å²) in [6, 6.07) is 12.3. The van der Waals surface area contributed by atoms with Gasteiger partial charge in [0.1, 0.15) is 0 Å². The number of hydrogen-bond acceptors (Lipinski definition) is 6. The molecular formula is C21H15N3O6. The number of para-hydroxylation sites is 1. The molecule has 150 valence electrons. The van der Waals surface area contributed by atoms with E-state index in [0.717, 1.165) is 17.2 Å². The highest BCUT2D eigenvalue weighted by Crippen LogP contribution is 2.47. The predicted molar refractivity (Wildman–Crippen MR) is 104 cm³/mol. The Labute approximate surface area is 170 Å². The Morgan fingerprint density at radius 3 is 2.77 bits per heavy atom. The Kier molecular flexibility index (Phi) is 3.85. The third-order valence-corrected chi connectivity index (χ3v) is 5.29. The SMILES string of the molecule is O=C(O)/C=C/C(=O)N1N=C(c2ccc3c(c2)OCO3)C[C@@]12C(=O)Nc1ccccc12. The van der Waals surface area contributed by atoms with Gasteiger partial charge in [-0.1, -0.05) is 18.2 Å². The van der Waals surface area contributed by atoms with E-state index in [0.29, 0.717) is 34.0 Å². The third kappa shape index (κ3) is 2.55. The zero-order valence-corrected chi connectivity index (χ0v) is 15.5. The van der Waals surface area contributed by atoms with Crippen LogP contribution in [0.1, 0.15) is 17.5 Å². The Morgan fingerprint density at radius 2 is 1.93 bits per heavy atom. The van der Waals surface area contributed by atoms with Crippen molar-refractivity contribution in [2.75, 3.05) is 12.1 Å². The molecule has 2 aromatic rings. The highest BCUT2D eigenvalue weighted by Gasteiger charge is 2.57. The number of carboxylic acid groups (broad SMARTS) is 1. The first kappa shape index (κ1) is 17.9. The number of anilines is 1. The van der Waals surface area contributed by atoms with Gasteiger partial charge in [-0.2, -0.15) is 5.10 Å². The number of ether oxygens (including phenoxy) is 2. The third-order valence-electron chi connectivity index (χ3n) is 5.29. The van der Waals surface area contributed by atoms with Gasteiger partial charge in [0.15, 0.2) is 17.0 Å². The minimum absolute atomic E-state index is 0.121. The van der Waals surface area contributed by atoms with Crippen LogP contribution in [0.2, 0.25) is 0 Å². The molecule has 0 unspecified atom stereocenters. The van der Waals surface area contributed by atoms with Crippen LogP contribution in [0.25, 0.3) is 0 Å². The molecule has 3 aliphatic heterocycles. The van der Waals surface area contributed by atoms with E-state index in [1.807, 2.05) is 0 Å². The summed E-state index contributed by atoms with van der Waals surface area (Å²) in [6.07, 6.45) is 1.75. The second-order valence-electron chi connectivity index (χ2n) is 6.97. The Balaban J connectivity index is 1.62. The number of aliphatic carboxylic acids is 1. The normalized spacial score (nSPS) is 21.1. The summed E-state index contributed by atoms with van der Waals surface area (Å²) in [5, 5.41) is 17.2.